The van der Waals surface area contributed by atoms with Crippen LogP contribution in [-0.4, -0.2) is 42.2 Å². The zero-order valence-corrected chi connectivity index (χ0v) is 13.4. The molecule has 0 fully saturated rings. The first-order chi connectivity index (χ1) is 11.4. The molecule has 0 saturated heterocycles. The first-order valence-corrected chi connectivity index (χ1v) is 8.77. The third kappa shape index (κ3) is 4.63. The first-order valence-electron chi connectivity index (χ1n) is 7.11. The predicted molar refractivity (Wildman–Crippen MR) is 86.2 cm³/mol. The lowest BCUT2D eigenvalue weighted by atomic mass is 10.2. The zero-order valence-electron chi connectivity index (χ0n) is 12.6. The number of rotatable bonds is 7. The van der Waals surface area contributed by atoms with Crippen molar-refractivity contribution in [1.29, 1.82) is 0 Å². The van der Waals surface area contributed by atoms with E-state index in [1.54, 1.807) is 24.3 Å². The van der Waals surface area contributed by atoms with Crippen molar-refractivity contribution in [3.05, 3.63) is 60.4 Å². The molecule has 2 aromatic rings. The maximum absolute atomic E-state index is 12.2. The van der Waals surface area contributed by atoms with Gasteiger partial charge in [-0.05, 0) is 30.7 Å². The van der Waals surface area contributed by atoms with Gasteiger partial charge in [-0.15, -0.1) is 0 Å². The maximum Gasteiger partial charge on any atom is 0.326 e. The normalized spacial score (nSPS) is 12.3. The lowest BCUT2D eigenvalue weighted by Gasteiger charge is -2.14. The molecule has 0 aliphatic carbocycles. The van der Waals surface area contributed by atoms with E-state index in [0.717, 1.165) is 0 Å². The number of benzene rings is 1. The van der Waals surface area contributed by atoms with Crippen LogP contribution < -0.4 is 5.32 Å². The number of nitrogens with one attached hydrogen (secondary N) is 1. The molecule has 1 heterocycles. The van der Waals surface area contributed by atoms with Gasteiger partial charge in [-0.3, -0.25) is 9.78 Å². The van der Waals surface area contributed by atoms with Gasteiger partial charge in [0.1, 0.15) is 6.04 Å². The summed E-state index contributed by atoms with van der Waals surface area (Å²) in [6.07, 6.45) is 2.55. The van der Waals surface area contributed by atoms with Gasteiger partial charge in [0.2, 0.25) is 0 Å². The van der Waals surface area contributed by atoms with Crippen molar-refractivity contribution in [2.45, 2.75) is 17.4 Å². The Morgan fingerprint density at radius 1 is 1.12 bits per heavy atom. The van der Waals surface area contributed by atoms with Gasteiger partial charge in [0, 0.05) is 12.4 Å². The number of sulfone groups is 1. The van der Waals surface area contributed by atoms with Gasteiger partial charge in [-0.1, -0.05) is 18.2 Å². The minimum Gasteiger partial charge on any atom is -0.480 e. The Hall–Kier alpha value is -2.74. The molecule has 1 aromatic carbocycles. The molecule has 7 nitrogen and oxygen atoms in total. The summed E-state index contributed by atoms with van der Waals surface area (Å²) < 4.78 is 24.4. The Bertz CT molecular complexity index is 807. The van der Waals surface area contributed by atoms with E-state index in [2.05, 4.69) is 10.3 Å². The second-order valence-corrected chi connectivity index (χ2v) is 7.14. The number of nitrogens with zero attached hydrogens (tertiary/aromatic N) is 1. The third-order valence-electron chi connectivity index (χ3n) is 3.30. The number of hydrogen-bond acceptors (Lipinski definition) is 5. The van der Waals surface area contributed by atoms with Crippen LogP contribution in [-0.2, 0) is 14.6 Å². The number of carboxylic acid groups (broad SMARTS) is 1. The maximum atomic E-state index is 12.2. The van der Waals surface area contributed by atoms with Crippen molar-refractivity contribution >= 4 is 21.7 Å². The fourth-order valence-corrected chi connectivity index (χ4v) is 3.37. The molecule has 1 atom stereocenters. The van der Waals surface area contributed by atoms with Crippen LogP contribution in [0.25, 0.3) is 0 Å². The van der Waals surface area contributed by atoms with Gasteiger partial charge in [0.25, 0.3) is 5.91 Å². The molecule has 0 saturated carbocycles. The van der Waals surface area contributed by atoms with Gasteiger partial charge >= 0.3 is 5.97 Å². The van der Waals surface area contributed by atoms with Crippen LogP contribution in [0.2, 0.25) is 0 Å². The van der Waals surface area contributed by atoms with Gasteiger partial charge in [-0.2, -0.15) is 0 Å². The third-order valence-corrected chi connectivity index (χ3v) is 5.07. The number of aliphatic carboxylic acids is 1. The summed E-state index contributed by atoms with van der Waals surface area (Å²) in [6.45, 7) is 0. The molecular formula is C16H16N2O5S. The number of aromatic nitrogens is 1. The van der Waals surface area contributed by atoms with Crippen LogP contribution in [0.3, 0.4) is 0 Å². The van der Waals surface area contributed by atoms with E-state index in [4.69, 9.17) is 0 Å². The highest BCUT2D eigenvalue weighted by Crippen LogP contribution is 2.12. The molecule has 1 aromatic heterocycles. The fraction of sp³-hybridized carbons (Fsp3) is 0.188. The van der Waals surface area contributed by atoms with E-state index in [1.165, 1.54) is 30.6 Å². The Morgan fingerprint density at radius 2 is 1.83 bits per heavy atom. The highest BCUT2D eigenvalue weighted by atomic mass is 32.2. The molecule has 24 heavy (non-hydrogen) atoms. The Kier molecular flexibility index (Phi) is 5.64. The molecule has 0 spiro atoms. The summed E-state index contributed by atoms with van der Waals surface area (Å²) in [5, 5.41) is 11.5. The Balaban J connectivity index is 2.04. The zero-order chi connectivity index (χ0) is 17.6. The Labute approximate surface area is 139 Å². The lowest BCUT2D eigenvalue weighted by molar-refractivity contribution is -0.139. The monoisotopic (exact) mass is 348 g/mol. The Morgan fingerprint density at radius 3 is 2.42 bits per heavy atom. The molecule has 8 heteroatoms. The van der Waals surface area contributed by atoms with Crippen molar-refractivity contribution in [3.63, 3.8) is 0 Å². The number of carboxylic acids is 1. The predicted octanol–water partition coefficient (Wildman–Crippen LogP) is 1.13. The molecule has 2 rings (SSSR count). The molecule has 1 amide bonds. The van der Waals surface area contributed by atoms with Crippen LogP contribution in [0.15, 0.2) is 59.8 Å². The summed E-state index contributed by atoms with van der Waals surface area (Å²) >= 11 is 0. The van der Waals surface area contributed by atoms with Crippen molar-refractivity contribution in [2.24, 2.45) is 0 Å². The van der Waals surface area contributed by atoms with Crippen LogP contribution in [0.1, 0.15) is 16.8 Å². The SMILES string of the molecule is O=C(N[C@H](CCS(=O)(=O)c1ccccc1)C(=O)O)c1cccnc1. The molecule has 0 aliphatic heterocycles. The fourth-order valence-electron chi connectivity index (χ4n) is 2.01. The van der Waals surface area contributed by atoms with Crippen molar-refractivity contribution < 1.29 is 23.1 Å². The quantitative estimate of drug-likeness (QED) is 0.775. The van der Waals surface area contributed by atoms with E-state index in [1.807, 2.05) is 0 Å². The van der Waals surface area contributed by atoms with Crippen molar-refractivity contribution in [1.82, 2.24) is 10.3 Å². The molecule has 0 unspecified atom stereocenters. The number of carbonyl (C=O) groups is 2. The summed E-state index contributed by atoms with van der Waals surface area (Å²) in [5.41, 5.74) is 0.203. The number of amides is 1. The standard InChI is InChI=1S/C16H16N2O5S/c19-15(12-5-4-9-17-11-12)18-14(16(20)21)8-10-24(22,23)13-6-2-1-3-7-13/h1-7,9,11,14H,8,10H2,(H,18,19)(H,20,21)/t14-/m1/s1. The van der Waals surface area contributed by atoms with Crippen molar-refractivity contribution in [2.75, 3.05) is 5.75 Å². The second-order valence-electron chi connectivity index (χ2n) is 5.03. The van der Waals surface area contributed by atoms with Gasteiger partial charge < -0.3 is 10.4 Å². The average Bonchev–Trinajstić information content (AvgIpc) is 2.59. The summed E-state index contributed by atoms with van der Waals surface area (Å²) in [4.78, 5) is 27.2. The van der Waals surface area contributed by atoms with Gasteiger partial charge in [0.15, 0.2) is 9.84 Å². The molecule has 0 bridgehead atoms. The van der Waals surface area contributed by atoms with Gasteiger partial charge in [-0.25, -0.2) is 13.2 Å². The van der Waals surface area contributed by atoms with E-state index in [9.17, 15) is 23.1 Å². The number of hydrogen-bond donors (Lipinski definition) is 2. The highest BCUT2D eigenvalue weighted by molar-refractivity contribution is 7.91. The topological polar surface area (TPSA) is 113 Å². The van der Waals surface area contributed by atoms with E-state index < -0.39 is 27.8 Å². The first kappa shape index (κ1) is 17.6. The van der Waals surface area contributed by atoms with Crippen LogP contribution in [0.5, 0.6) is 0 Å². The van der Waals surface area contributed by atoms with E-state index in [0.29, 0.717) is 0 Å². The minimum atomic E-state index is -3.62. The minimum absolute atomic E-state index is 0.118. The van der Waals surface area contributed by atoms with Crippen LogP contribution in [0, 0.1) is 0 Å². The molecular weight excluding hydrogens is 332 g/mol. The van der Waals surface area contributed by atoms with Gasteiger partial charge in [0.05, 0.1) is 16.2 Å². The average molecular weight is 348 g/mol. The summed E-state index contributed by atoms with van der Waals surface area (Å²) in [6, 6.07) is 9.48. The van der Waals surface area contributed by atoms with E-state index in [-0.39, 0.29) is 22.6 Å². The second kappa shape index (κ2) is 7.69. The smallest absolute Gasteiger partial charge is 0.326 e. The number of carbonyl (C=O) groups excluding carboxylic acids is 1. The molecule has 0 aliphatic rings. The van der Waals surface area contributed by atoms with Crippen LogP contribution in [0.4, 0.5) is 0 Å². The molecule has 2 N–H and O–H groups in total. The number of pyridine rings is 1. The van der Waals surface area contributed by atoms with Crippen LogP contribution >= 0.6 is 0 Å². The molecule has 0 radical (unpaired) electrons. The summed E-state index contributed by atoms with van der Waals surface area (Å²) in [5.74, 6) is -2.30. The van der Waals surface area contributed by atoms with Crippen molar-refractivity contribution in [3.8, 4) is 0 Å². The molecule has 126 valence electrons. The summed E-state index contributed by atoms with van der Waals surface area (Å²) in [7, 11) is -3.62. The van der Waals surface area contributed by atoms with E-state index >= 15 is 0 Å². The highest BCUT2D eigenvalue weighted by Gasteiger charge is 2.24. The largest absolute Gasteiger partial charge is 0.480 e. The lowest BCUT2D eigenvalue weighted by Crippen LogP contribution is -2.42.